The third-order valence-electron chi connectivity index (χ3n) is 4.89. The molecule has 0 saturated heterocycles. The summed E-state index contributed by atoms with van der Waals surface area (Å²) in [7, 11) is 0. The lowest BCUT2D eigenvalue weighted by Gasteiger charge is -2.23. The largest absolute Gasteiger partial charge is 0.310 e. The number of rotatable bonds is 2. The number of anilines is 1. The van der Waals surface area contributed by atoms with Crippen LogP contribution in [-0.4, -0.2) is 27.3 Å². The van der Waals surface area contributed by atoms with Crippen LogP contribution in [0, 0.1) is 6.92 Å². The van der Waals surface area contributed by atoms with Gasteiger partial charge in [0.25, 0.3) is 5.56 Å². The Bertz CT molecular complexity index is 1080. The highest BCUT2D eigenvalue weighted by atomic mass is 32.2. The van der Waals surface area contributed by atoms with E-state index in [9.17, 15) is 9.59 Å². The number of carbonyl (C=O) groups excluding carboxylic acids is 1. The van der Waals surface area contributed by atoms with Gasteiger partial charge in [-0.2, -0.15) is 0 Å². The summed E-state index contributed by atoms with van der Waals surface area (Å²) in [6.07, 6.45) is 0.912. The minimum Gasteiger partial charge on any atom is -0.310 e. The summed E-state index contributed by atoms with van der Waals surface area (Å²) in [6, 6.07) is 15.2. The van der Waals surface area contributed by atoms with Crippen LogP contribution in [0.2, 0.25) is 0 Å². The Morgan fingerprint density at radius 3 is 2.78 bits per heavy atom. The van der Waals surface area contributed by atoms with Crippen LogP contribution >= 0.6 is 11.8 Å². The van der Waals surface area contributed by atoms with Crippen molar-refractivity contribution < 1.29 is 4.79 Å². The van der Waals surface area contributed by atoms with Gasteiger partial charge in [0.1, 0.15) is 12.4 Å². The van der Waals surface area contributed by atoms with Gasteiger partial charge in [-0.25, -0.2) is 4.98 Å². The molecule has 2 aromatic carbocycles. The van der Waals surface area contributed by atoms with Crippen LogP contribution < -0.4 is 10.5 Å². The Morgan fingerprint density at radius 2 is 1.93 bits per heavy atom. The van der Waals surface area contributed by atoms with Crippen molar-refractivity contribution in [1.29, 1.82) is 0 Å². The number of fused-ring (bicyclic) bond motifs is 2. The molecule has 3 aromatic rings. The third-order valence-corrected chi connectivity index (χ3v) is 6.13. The quantitative estimate of drug-likeness (QED) is 0.682. The van der Waals surface area contributed by atoms with Crippen molar-refractivity contribution in [1.82, 2.24) is 9.55 Å². The van der Waals surface area contributed by atoms with Crippen molar-refractivity contribution in [3.63, 3.8) is 0 Å². The van der Waals surface area contributed by atoms with Gasteiger partial charge in [-0.15, -0.1) is 11.8 Å². The average Bonchev–Trinajstić information content (AvgIpc) is 2.83. The Labute approximate surface area is 162 Å². The second kappa shape index (κ2) is 7.19. The van der Waals surface area contributed by atoms with E-state index in [0.717, 1.165) is 17.0 Å². The summed E-state index contributed by atoms with van der Waals surface area (Å²) in [5.41, 5.74) is 1.42. The van der Waals surface area contributed by atoms with Crippen LogP contribution in [0.15, 0.2) is 58.2 Å². The highest BCUT2D eigenvalue weighted by Gasteiger charge is 2.25. The molecule has 1 amide bonds. The molecule has 0 aliphatic carbocycles. The van der Waals surface area contributed by atoms with Crippen LogP contribution in [0.3, 0.4) is 0 Å². The molecule has 0 bridgehead atoms. The second-order valence-corrected chi connectivity index (χ2v) is 8.28. The van der Waals surface area contributed by atoms with Crippen molar-refractivity contribution in [3.05, 3.63) is 64.7 Å². The van der Waals surface area contributed by atoms with Gasteiger partial charge >= 0.3 is 0 Å². The van der Waals surface area contributed by atoms with E-state index in [1.165, 1.54) is 4.57 Å². The SMILES string of the molecule is Cc1nc2ccccc2c(=O)n1CC(=O)N1CC[C@@H](C)Sc2ccccc21. The van der Waals surface area contributed by atoms with E-state index in [1.807, 2.05) is 41.3 Å². The molecule has 6 heteroatoms. The first kappa shape index (κ1) is 17.8. The smallest absolute Gasteiger partial charge is 0.261 e. The number of aromatic nitrogens is 2. The average molecular weight is 379 g/mol. The summed E-state index contributed by atoms with van der Waals surface area (Å²) in [5, 5.41) is 0.979. The molecular formula is C21H21N3O2S. The maximum atomic E-state index is 13.2. The van der Waals surface area contributed by atoms with E-state index in [0.29, 0.717) is 28.5 Å². The van der Waals surface area contributed by atoms with Gasteiger partial charge < -0.3 is 4.90 Å². The normalized spacial score (nSPS) is 16.8. The van der Waals surface area contributed by atoms with Crippen LogP contribution in [0.1, 0.15) is 19.2 Å². The number of hydrogen-bond acceptors (Lipinski definition) is 4. The molecule has 1 aliphatic heterocycles. The first-order valence-electron chi connectivity index (χ1n) is 9.07. The van der Waals surface area contributed by atoms with Gasteiger partial charge in [0.05, 0.1) is 16.6 Å². The topological polar surface area (TPSA) is 55.2 Å². The van der Waals surface area contributed by atoms with Crippen LogP contribution in [0.25, 0.3) is 10.9 Å². The maximum absolute atomic E-state index is 13.2. The monoisotopic (exact) mass is 379 g/mol. The maximum Gasteiger partial charge on any atom is 0.261 e. The number of aryl methyl sites for hydroxylation is 1. The predicted octanol–water partition coefficient (Wildman–Crippen LogP) is 3.62. The Kier molecular flexibility index (Phi) is 4.74. The molecule has 5 nitrogen and oxygen atoms in total. The number of amides is 1. The number of thioether (sulfide) groups is 1. The number of benzene rings is 2. The fourth-order valence-electron chi connectivity index (χ4n) is 3.43. The van der Waals surface area contributed by atoms with E-state index in [1.54, 1.807) is 24.8 Å². The van der Waals surface area contributed by atoms with E-state index >= 15 is 0 Å². The number of carbonyl (C=O) groups is 1. The third kappa shape index (κ3) is 3.37. The molecule has 27 heavy (non-hydrogen) atoms. The summed E-state index contributed by atoms with van der Waals surface area (Å²) < 4.78 is 1.48. The highest BCUT2D eigenvalue weighted by Crippen LogP contribution is 2.37. The van der Waals surface area contributed by atoms with E-state index in [-0.39, 0.29) is 18.0 Å². The number of hydrogen-bond donors (Lipinski definition) is 0. The van der Waals surface area contributed by atoms with Gasteiger partial charge in [-0.05, 0) is 37.6 Å². The molecule has 0 spiro atoms. The molecule has 1 aliphatic rings. The minimum absolute atomic E-state index is 0.00408. The van der Waals surface area contributed by atoms with Crippen molar-refractivity contribution in [2.24, 2.45) is 0 Å². The molecule has 0 N–H and O–H groups in total. The van der Waals surface area contributed by atoms with Crippen molar-refractivity contribution >= 4 is 34.3 Å². The first-order valence-corrected chi connectivity index (χ1v) is 9.95. The van der Waals surface area contributed by atoms with Crippen LogP contribution in [-0.2, 0) is 11.3 Å². The lowest BCUT2D eigenvalue weighted by atomic mass is 10.2. The highest BCUT2D eigenvalue weighted by molar-refractivity contribution is 8.00. The van der Waals surface area contributed by atoms with Gasteiger partial charge in [-0.1, -0.05) is 31.2 Å². The van der Waals surface area contributed by atoms with Gasteiger partial charge in [0.15, 0.2) is 0 Å². The van der Waals surface area contributed by atoms with E-state index in [4.69, 9.17) is 0 Å². The van der Waals surface area contributed by atoms with Gasteiger partial charge in [-0.3, -0.25) is 14.2 Å². The summed E-state index contributed by atoms with van der Waals surface area (Å²) >= 11 is 1.79. The van der Waals surface area contributed by atoms with Crippen molar-refractivity contribution in [3.8, 4) is 0 Å². The standard InChI is InChI=1S/C21H21N3O2S/c1-14-11-12-23(18-9-5-6-10-19(18)27-14)20(25)13-24-15(2)22-17-8-4-3-7-16(17)21(24)26/h3-10,14H,11-13H2,1-2H3/t14-/m1/s1. The molecule has 0 unspecified atom stereocenters. The second-order valence-electron chi connectivity index (χ2n) is 6.80. The molecule has 138 valence electrons. The van der Waals surface area contributed by atoms with E-state index < -0.39 is 0 Å². The Balaban J connectivity index is 1.71. The molecule has 2 heterocycles. The molecule has 1 aromatic heterocycles. The first-order chi connectivity index (χ1) is 13.0. The molecule has 0 saturated carbocycles. The molecule has 0 radical (unpaired) electrons. The summed E-state index contributed by atoms with van der Waals surface area (Å²) in [6.45, 7) is 4.60. The Hall–Kier alpha value is -2.60. The lowest BCUT2D eigenvalue weighted by Crippen LogP contribution is -2.38. The number of nitrogens with zero attached hydrogens (tertiary/aromatic N) is 3. The van der Waals surface area contributed by atoms with E-state index in [2.05, 4.69) is 18.0 Å². The molecule has 0 fully saturated rings. The van der Waals surface area contributed by atoms with Crippen molar-refractivity contribution in [2.75, 3.05) is 11.4 Å². The zero-order valence-electron chi connectivity index (χ0n) is 15.4. The van der Waals surface area contributed by atoms with Crippen LogP contribution in [0.4, 0.5) is 5.69 Å². The van der Waals surface area contributed by atoms with Gasteiger partial charge in [0.2, 0.25) is 5.91 Å². The van der Waals surface area contributed by atoms with Gasteiger partial charge in [0, 0.05) is 16.7 Å². The Morgan fingerprint density at radius 1 is 1.19 bits per heavy atom. The van der Waals surface area contributed by atoms with Crippen LogP contribution in [0.5, 0.6) is 0 Å². The summed E-state index contributed by atoms with van der Waals surface area (Å²) in [5.74, 6) is 0.470. The zero-order chi connectivity index (χ0) is 19.0. The number of para-hydroxylation sites is 2. The molecular weight excluding hydrogens is 358 g/mol. The fourth-order valence-corrected chi connectivity index (χ4v) is 4.54. The van der Waals surface area contributed by atoms with Crippen molar-refractivity contribution in [2.45, 2.75) is 37.0 Å². The summed E-state index contributed by atoms with van der Waals surface area (Å²) in [4.78, 5) is 33.5. The fraction of sp³-hybridized carbons (Fsp3) is 0.286. The minimum atomic E-state index is -0.169. The molecule has 4 rings (SSSR count). The zero-order valence-corrected chi connectivity index (χ0v) is 16.2. The predicted molar refractivity (Wildman–Crippen MR) is 109 cm³/mol. The lowest BCUT2D eigenvalue weighted by molar-refractivity contribution is -0.119. The molecule has 1 atom stereocenters.